The van der Waals surface area contributed by atoms with E-state index in [9.17, 15) is 14.4 Å². The monoisotopic (exact) mass is 597 g/mol. The molecule has 0 spiro atoms. The van der Waals surface area contributed by atoms with Crippen LogP contribution >= 0.6 is 11.3 Å². The molecule has 8 heteroatoms. The smallest absolute Gasteiger partial charge is 0.268 e. The Morgan fingerprint density at radius 2 is 1.45 bits per heavy atom. The molecule has 7 nitrogen and oxygen atoms in total. The van der Waals surface area contributed by atoms with E-state index >= 15 is 0 Å². The van der Waals surface area contributed by atoms with Crippen molar-refractivity contribution in [2.45, 2.75) is 18.9 Å². The number of rotatable bonds is 10. The number of aromatic nitrogens is 1. The van der Waals surface area contributed by atoms with Crippen LogP contribution in [-0.2, 0) is 17.6 Å². The zero-order chi connectivity index (χ0) is 30.6. The van der Waals surface area contributed by atoms with Crippen molar-refractivity contribution in [1.82, 2.24) is 10.3 Å². The minimum absolute atomic E-state index is 0.167. The lowest BCUT2D eigenvalue weighted by atomic mass is 9.95. The van der Waals surface area contributed by atoms with Gasteiger partial charge in [-0.2, -0.15) is 0 Å². The number of primary amides is 2. The number of nitrogens with two attached hydrogens (primary N) is 2. The molecule has 0 aliphatic rings. The first-order chi connectivity index (χ1) is 21.4. The highest BCUT2D eigenvalue weighted by Gasteiger charge is 2.25. The summed E-state index contributed by atoms with van der Waals surface area (Å²) in [5.74, 6) is -1.52. The highest BCUT2D eigenvalue weighted by atomic mass is 32.1. The number of nitrogens with one attached hydrogen (secondary N) is 1. The first kappa shape index (κ1) is 28.8. The number of benzene rings is 5. The van der Waals surface area contributed by atoms with Gasteiger partial charge in [0.1, 0.15) is 10.7 Å². The van der Waals surface area contributed by atoms with Gasteiger partial charge in [0.05, 0.1) is 22.9 Å². The number of hydrogen-bond donors (Lipinski definition) is 3. The summed E-state index contributed by atoms with van der Waals surface area (Å²) in [6, 6.07) is 34.4. The Bertz CT molecular complexity index is 2020. The average Bonchev–Trinajstić information content (AvgIpc) is 3.49. The number of fused-ring (bicyclic) bond motifs is 2. The van der Waals surface area contributed by atoms with Gasteiger partial charge in [0.15, 0.2) is 0 Å². The molecule has 3 amide bonds. The van der Waals surface area contributed by atoms with Crippen molar-refractivity contribution < 1.29 is 14.4 Å². The van der Waals surface area contributed by atoms with Crippen molar-refractivity contribution in [2.24, 2.45) is 11.5 Å². The van der Waals surface area contributed by atoms with Crippen LogP contribution in [0, 0.1) is 6.42 Å². The van der Waals surface area contributed by atoms with Gasteiger partial charge in [0.2, 0.25) is 11.8 Å². The molecule has 6 aromatic rings. The maximum absolute atomic E-state index is 13.4. The third-order valence-electron chi connectivity index (χ3n) is 7.55. The number of thiazole rings is 1. The Morgan fingerprint density at radius 1 is 0.773 bits per heavy atom. The summed E-state index contributed by atoms with van der Waals surface area (Å²) in [5, 5.41) is 7.51. The van der Waals surface area contributed by atoms with Crippen LogP contribution in [0.2, 0.25) is 0 Å². The summed E-state index contributed by atoms with van der Waals surface area (Å²) in [5.41, 5.74) is 14.6. The predicted octanol–water partition coefficient (Wildman–Crippen LogP) is 6.16. The van der Waals surface area contributed by atoms with Gasteiger partial charge in [-0.1, -0.05) is 109 Å². The fourth-order valence-corrected chi connectivity index (χ4v) is 6.58. The summed E-state index contributed by atoms with van der Waals surface area (Å²) in [6.45, 7) is 0. The van der Waals surface area contributed by atoms with E-state index in [4.69, 9.17) is 11.5 Å². The van der Waals surface area contributed by atoms with Crippen LogP contribution in [0.25, 0.3) is 32.0 Å². The Balaban J connectivity index is 1.31. The number of nitrogens with zero attached hydrogens (tertiary/aromatic N) is 1. The molecule has 0 saturated heterocycles. The van der Waals surface area contributed by atoms with Crippen molar-refractivity contribution in [3.8, 4) is 10.4 Å². The Kier molecular flexibility index (Phi) is 8.16. The Hall–Kier alpha value is -5.34. The predicted molar refractivity (Wildman–Crippen MR) is 175 cm³/mol. The largest absolute Gasteiger partial charge is 0.366 e. The number of hydrogen-bond acceptors (Lipinski definition) is 5. The Labute approximate surface area is 258 Å². The highest BCUT2D eigenvalue weighted by molar-refractivity contribution is 7.15. The number of carbonyl (C=O) groups is 3. The van der Waals surface area contributed by atoms with Crippen LogP contribution < -0.4 is 16.8 Å². The second kappa shape index (κ2) is 12.5. The Morgan fingerprint density at radius 3 is 2.20 bits per heavy atom. The first-order valence-corrected chi connectivity index (χ1v) is 15.0. The first-order valence-electron chi connectivity index (χ1n) is 14.1. The van der Waals surface area contributed by atoms with E-state index in [-0.39, 0.29) is 18.0 Å². The van der Waals surface area contributed by atoms with Crippen LogP contribution in [0.3, 0.4) is 0 Å². The quantitative estimate of drug-likeness (QED) is 0.175. The molecule has 1 atom stereocenters. The lowest BCUT2D eigenvalue weighted by Gasteiger charge is -2.18. The van der Waals surface area contributed by atoms with E-state index in [2.05, 4.69) is 16.4 Å². The molecule has 1 radical (unpaired) electrons. The molecule has 6 rings (SSSR count). The highest BCUT2D eigenvalue weighted by Crippen LogP contribution is 2.34. The lowest BCUT2D eigenvalue weighted by molar-refractivity contribution is -0.118. The summed E-state index contributed by atoms with van der Waals surface area (Å²) >= 11 is 1.33. The van der Waals surface area contributed by atoms with E-state index in [1.807, 2.05) is 103 Å². The molecule has 5 aromatic carbocycles. The third kappa shape index (κ3) is 6.07. The van der Waals surface area contributed by atoms with E-state index in [1.165, 1.54) is 17.8 Å². The van der Waals surface area contributed by atoms with E-state index in [0.29, 0.717) is 27.4 Å². The maximum atomic E-state index is 13.4. The molecular weight excluding hydrogens is 568 g/mol. The van der Waals surface area contributed by atoms with Gasteiger partial charge in [0, 0.05) is 0 Å². The fourth-order valence-electron chi connectivity index (χ4n) is 5.45. The molecule has 0 fully saturated rings. The zero-order valence-corrected chi connectivity index (χ0v) is 24.5. The number of amides is 3. The van der Waals surface area contributed by atoms with E-state index in [1.54, 1.807) is 0 Å². The van der Waals surface area contributed by atoms with E-state index < -0.39 is 17.9 Å². The van der Waals surface area contributed by atoms with Crippen LogP contribution in [0.1, 0.15) is 43.0 Å². The molecule has 0 bridgehead atoms. The normalized spacial score (nSPS) is 11.8. The van der Waals surface area contributed by atoms with Gasteiger partial charge in [-0.3, -0.25) is 14.4 Å². The fraction of sp³-hybridized carbons (Fsp3) is 0.0833. The van der Waals surface area contributed by atoms with Crippen LogP contribution in [0.4, 0.5) is 0 Å². The zero-order valence-electron chi connectivity index (χ0n) is 23.7. The van der Waals surface area contributed by atoms with Crippen molar-refractivity contribution in [1.29, 1.82) is 0 Å². The summed E-state index contributed by atoms with van der Waals surface area (Å²) in [7, 11) is 0. The van der Waals surface area contributed by atoms with Gasteiger partial charge in [0.25, 0.3) is 5.91 Å². The van der Waals surface area contributed by atoms with Crippen molar-refractivity contribution in [3.63, 3.8) is 0 Å². The molecule has 0 saturated carbocycles. The minimum atomic E-state index is -0.635. The maximum Gasteiger partial charge on any atom is 0.268 e. The summed E-state index contributed by atoms with van der Waals surface area (Å²) in [4.78, 5) is 43.6. The molecular formula is C36H29N4O3S. The molecule has 0 unspecified atom stereocenters. The van der Waals surface area contributed by atoms with Crippen LogP contribution in [0.5, 0.6) is 0 Å². The second-order valence-corrected chi connectivity index (χ2v) is 11.5. The van der Waals surface area contributed by atoms with Gasteiger partial charge >= 0.3 is 0 Å². The molecule has 5 N–H and O–H groups in total. The topological polar surface area (TPSA) is 128 Å². The lowest BCUT2D eigenvalue weighted by Crippen LogP contribution is -2.31. The molecule has 1 heterocycles. The molecule has 44 heavy (non-hydrogen) atoms. The minimum Gasteiger partial charge on any atom is -0.366 e. The van der Waals surface area contributed by atoms with Gasteiger partial charge in [-0.15, -0.1) is 11.3 Å². The van der Waals surface area contributed by atoms with Crippen LogP contribution in [-0.4, -0.2) is 22.7 Å². The summed E-state index contributed by atoms with van der Waals surface area (Å²) < 4.78 is 0. The molecule has 1 aromatic heterocycles. The third-order valence-corrected chi connectivity index (χ3v) is 8.77. The molecule has 0 aliphatic heterocycles. The second-order valence-electron chi connectivity index (χ2n) is 10.5. The van der Waals surface area contributed by atoms with E-state index in [0.717, 1.165) is 32.7 Å². The number of carbonyl (C=O) groups excluding carboxylic acids is 3. The molecule has 217 valence electrons. The van der Waals surface area contributed by atoms with Crippen molar-refractivity contribution in [3.05, 3.63) is 143 Å². The standard InChI is InChI=1S/C36H29N4O3S/c37-34(42)31-25(17-16-24-9-6-7-13-28(24)31)18-19-30(41)39-29(21-22-14-15-23-8-4-5-12-27(23)20-22)36-40-32(35(38)43)33(44-36)26-10-2-1-3-11-26/h1-17,19-20,29H,18,21H2,(H2,37,42)(H2,38,43)(H,39,41)/t29-/m1/s1. The van der Waals surface area contributed by atoms with Crippen molar-refractivity contribution >= 4 is 50.6 Å². The summed E-state index contributed by atoms with van der Waals surface area (Å²) in [6.07, 6.45) is 2.15. The SMILES string of the molecule is NC(=O)c1nc([C@@H](Cc2ccc3ccccc3c2)NC(=O)[CH]Cc2ccc3ccccc3c2C(N)=O)sc1-c1ccccc1. The van der Waals surface area contributed by atoms with Gasteiger partial charge in [-0.25, -0.2) is 4.98 Å². The molecule has 0 aliphatic carbocycles. The van der Waals surface area contributed by atoms with Gasteiger partial charge < -0.3 is 16.8 Å². The average molecular weight is 598 g/mol. The van der Waals surface area contributed by atoms with Crippen molar-refractivity contribution in [2.75, 3.05) is 0 Å². The van der Waals surface area contributed by atoms with Gasteiger partial charge in [-0.05, 0) is 51.1 Å². The van der Waals surface area contributed by atoms with Crippen LogP contribution in [0.15, 0.2) is 109 Å².